The first-order valence-corrected chi connectivity index (χ1v) is 7.78. The lowest BCUT2D eigenvalue weighted by Gasteiger charge is -2.20. The summed E-state index contributed by atoms with van der Waals surface area (Å²) in [5.74, 6) is 0.878. The zero-order valence-electron chi connectivity index (χ0n) is 15.5. The molecule has 0 aromatic heterocycles. The van der Waals surface area contributed by atoms with Gasteiger partial charge in [-0.25, -0.2) is 9.59 Å². The highest BCUT2D eigenvalue weighted by Crippen LogP contribution is 2.38. The molecule has 0 aliphatic rings. The molecule has 8 heteroatoms. The van der Waals surface area contributed by atoms with E-state index < -0.39 is 18.0 Å². The maximum Gasteiger partial charge on any atom is 0.328 e. The van der Waals surface area contributed by atoms with Gasteiger partial charge in [0.15, 0.2) is 11.5 Å². The van der Waals surface area contributed by atoms with Gasteiger partial charge in [0.2, 0.25) is 5.75 Å². The number of amides is 2. The minimum atomic E-state index is -0.718. The van der Waals surface area contributed by atoms with Crippen LogP contribution in [0.15, 0.2) is 12.1 Å². The van der Waals surface area contributed by atoms with Gasteiger partial charge in [-0.3, -0.25) is 0 Å². The summed E-state index contributed by atoms with van der Waals surface area (Å²) in [6.45, 7) is 3.86. The average Bonchev–Trinajstić information content (AvgIpc) is 2.62. The summed E-state index contributed by atoms with van der Waals surface area (Å²) in [6, 6.07) is 2.28. The SMILES string of the molecule is COC(=O)[C@@H](NC(=O)NCc1cc(OC)c(OC)c(OC)c1)C(C)C. The van der Waals surface area contributed by atoms with Crippen molar-refractivity contribution in [3.8, 4) is 17.2 Å². The Bertz CT molecular complexity index is 578. The van der Waals surface area contributed by atoms with Gasteiger partial charge in [0.25, 0.3) is 0 Å². The number of benzene rings is 1. The van der Waals surface area contributed by atoms with Crippen LogP contribution in [0.3, 0.4) is 0 Å². The molecular formula is C17H26N2O6. The number of ether oxygens (including phenoxy) is 4. The molecule has 1 rings (SSSR count). The van der Waals surface area contributed by atoms with Gasteiger partial charge in [-0.2, -0.15) is 0 Å². The predicted octanol–water partition coefficient (Wildman–Crippen LogP) is 1.71. The largest absolute Gasteiger partial charge is 0.493 e. The highest BCUT2D eigenvalue weighted by atomic mass is 16.5. The maximum absolute atomic E-state index is 12.1. The molecule has 0 saturated heterocycles. The van der Waals surface area contributed by atoms with Crippen molar-refractivity contribution in [2.75, 3.05) is 28.4 Å². The fourth-order valence-corrected chi connectivity index (χ4v) is 2.24. The van der Waals surface area contributed by atoms with Crippen molar-refractivity contribution >= 4 is 12.0 Å². The van der Waals surface area contributed by atoms with Crippen LogP contribution in [0, 0.1) is 5.92 Å². The molecule has 0 spiro atoms. The third-order valence-electron chi connectivity index (χ3n) is 3.59. The number of hydrogen-bond donors (Lipinski definition) is 2. The van der Waals surface area contributed by atoms with Crippen molar-refractivity contribution < 1.29 is 28.5 Å². The van der Waals surface area contributed by atoms with Gasteiger partial charge in [0.05, 0.1) is 28.4 Å². The van der Waals surface area contributed by atoms with Crippen molar-refractivity contribution in [3.05, 3.63) is 17.7 Å². The Balaban J connectivity index is 2.80. The van der Waals surface area contributed by atoms with Crippen molar-refractivity contribution in [1.82, 2.24) is 10.6 Å². The fourth-order valence-electron chi connectivity index (χ4n) is 2.24. The van der Waals surface area contributed by atoms with E-state index in [1.54, 1.807) is 12.1 Å². The highest BCUT2D eigenvalue weighted by molar-refractivity contribution is 5.83. The Kier molecular flexibility index (Phi) is 7.84. The summed E-state index contributed by atoms with van der Waals surface area (Å²) >= 11 is 0. The van der Waals surface area contributed by atoms with Crippen molar-refractivity contribution in [3.63, 3.8) is 0 Å². The number of methoxy groups -OCH3 is 4. The second-order valence-electron chi connectivity index (χ2n) is 5.61. The molecule has 0 aliphatic heterocycles. The van der Waals surface area contributed by atoms with Crippen LogP contribution >= 0.6 is 0 Å². The van der Waals surface area contributed by atoms with Gasteiger partial charge in [-0.05, 0) is 23.6 Å². The summed E-state index contributed by atoms with van der Waals surface area (Å²) in [4.78, 5) is 23.8. The molecule has 0 aliphatic carbocycles. The first-order valence-electron chi connectivity index (χ1n) is 7.78. The van der Waals surface area contributed by atoms with Crippen LogP contribution in [-0.2, 0) is 16.1 Å². The molecule has 8 nitrogen and oxygen atoms in total. The van der Waals surface area contributed by atoms with Crippen LogP contribution in [0.2, 0.25) is 0 Å². The fraction of sp³-hybridized carbons (Fsp3) is 0.529. The van der Waals surface area contributed by atoms with Crippen molar-refractivity contribution in [1.29, 1.82) is 0 Å². The molecule has 1 aromatic carbocycles. The Hall–Kier alpha value is -2.64. The molecule has 1 atom stereocenters. The number of rotatable bonds is 8. The van der Waals surface area contributed by atoms with Crippen LogP contribution in [-0.4, -0.2) is 46.5 Å². The van der Waals surface area contributed by atoms with E-state index in [1.165, 1.54) is 28.4 Å². The van der Waals surface area contributed by atoms with E-state index in [2.05, 4.69) is 10.6 Å². The van der Waals surface area contributed by atoms with E-state index in [9.17, 15) is 9.59 Å². The minimum absolute atomic E-state index is 0.0978. The molecule has 0 unspecified atom stereocenters. The zero-order valence-corrected chi connectivity index (χ0v) is 15.5. The second-order valence-corrected chi connectivity index (χ2v) is 5.61. The number of carbonyl (C=O) groups excluding carboxylic acids is 2. The summed E-state index contributed by atoms with van der Waals surface area (Å²) < 4.78 is 20.5. The molecule has 1 aromatic rings. The van der Waals surface area contributed by atoms with Crippen LogP contribution in [0.1, 0.15) is 19.4 Å². The van der Waals surface area contributed by atoms with E-state index in [4.69, 9.17) is 18.9 Å². The lowest BCUT2D eigenvalue weighted by Crippen LogP contribution is -2.48. The van der Waals surface area contributed by atoms with Gasteiger partial charge >= 0.3 is 12.0 Å². The number of carbonyl (C=O) groups is 2. The Morgan fingerprint density at radius 1 is 1.00 bits per heavy atom. The van der Waals surface area contributed by atoms with Gasteiger partial charge in [-0.15, -0.1) is 0 Å². The number of urea groups is 1. The second kappa shape index (κ2) is 9.61. The van der Waals surface area contributed by atoms with Gasteiger partial charge < -0.3 is 29.6 Å². The molecule has 2 N–H and O–H groups in total. The van der Waals surface area contributed by atoms with Gasteiger partial charge in [0.1, 0.15) is 6.04 Å². The molecule has 0 saturated carbocycles. The number of esters is 1. The molecule has 0 radical (unpaired) electrons. The van der Waals surface area contributed by atoms with Crippen LogP contribution in [0.25, 0.3) is 0 Å². The van der Waals surface area contributed by atoms with E-state index in [1.807, 2.05) is 13.8 Å². The molecule has 140 valence electrons. The molecule has 2 amide bonds. The summed E-state index contributed by atoms with van der Waals surface area (Å²) in [7, 11) is 5.84. The van der Waals surface area contributed by atoms with E-state index in [-0.39, 0.29) is 12.5 Å². The van der Waals surface area contributed by atoms with Gasteiger partial charge in [0, 0.05) is 6.54 Å². The maximum atomic E-state index is 12.1. The normalized spacial score (nSPS) is 11.5. The van der Waals surface area contributed by atoms with Crippen LogP contribution in [0.4, 0.5) is 4.79 Å². The van der Waals surface area contributed by atoms with E-state index >= 15 is 0 Å². The van der Waals surface area contributed by atoms with Crippen LogP contribution in [0.5, 0.6) is 17.2 Å². The summed E-state index contributed by atoms with van der Waals surface area (Å²) in [5, 5.41) is 5.30. The molecule has 25 heavy (non-hydrogen) atoms. The lowest BCUT2D eigenvalue weighted by atomic mass is 10.1. The summed E-state index contributed by atoms with van der Waals surface area (Å²) in [5.41, 5.74) is 0.754. The minimum Gasteiger partial charge on any atom is -0.493 e. The number of nitrogens with one attached hydrogen (secondary N) is 2. The zero-order chi connectivity index (χ0) is 19.0. The van der Waals surface area contributed by atoms with Gasteiger partial charge in [-0.1, -0.05) is 13.8 Å². The monoisotopic (exact) mass is 354 g/mol. The molecule has 0 heterocycles. The summed E-state index contributed by atoms with van der Waals surface area (Å²) in [6.07, 6.45) is 0. The average molecular weight is 354 g/mol. The first kappa shape index (κ1) is 20.4. The number of hydrogen-bond acceptors (Lipinski definition) is 6. The van der Waals surface area contributed by atoms with Crippen molar-refractivity contribution in [2.24, 2.45) is 5.92 Å². The Morgan fingerprint density at radius 3 is 1.96 bits per heavy atom. The third kappa shape index (κ3) is 5.44. The third-order valence-corrected chi connectivity index (χ3v) is 3.59. The standard InChI is InChI=1S/C17H26N2O6/c1-10(2)14(16(20)25-6)19-17(21)18-9-11-7-12(22-3)15(24-5)13(8-11)23-4/h7-8,10,14H,9H2,1-6H3,(H2,18,19,21)/t14-/m0/s1. The topological polar surface area (TPSA) is 95.1 Å². The van der Waals surface area contributed by atoms with E-state index in [0.29, 0.717) is 17.2 Å². The molecule has 0 bridgehead atoms. The molecule has 0 fully saturated rings. The highest BCUT2D eigenvalue weighted by Gasteiger charge is 2.24. The van der Waals surface area contributed by atoms with Crippen LogP contribution < -0.4 is 24.8 Å². The predicted molar refractivity (Wildman–Crippen MR) is 92.1 cm³/mol. The smallest absolute Gasteiger partial charge is 0.328 e. The molecular weight excluding hydrogens is 328 g/mol. The Morgan fingerprint density at radius 2 is 1.56 bits per heavy atom. The van der Waals surface area contributed by atoms with E-state index in [0.717, 1.165) is 5.56 Å². The quantitative estimate of drug-likeness (QED) is 0.690. The first-order chi connectivity index (χ1) is 11.9. The Labute approximate surface area is 147 Å². The van der Waals surface area contributed by atoms with Crippen molar-refractivity contribution in [2.45, 2.75) is 26.4 Å². The lowest BCUT2D eigenvalue weighted by molar-refractivity contribution is -0.143.